The van der Waals surface area contributed by atoms with E-state index in [0.29, 0.717) is 11.3 Å². The van der Waals surface area contributed by atoms with Crippen LogP contribution in [0.5, 0.6) is 0 Å². The van der Waals surface area contributed by atoms with E-state index in [1.54, 1.807) is 0 Å². The molecule has 2 rings (SSSR count). The van der Waals surface area contributed by atoms with Crippen molar-refractivity contribution in [1.82, 2.24) is 10.5 Å². The molecule has 0 fully saturated rings. The lowest BCUT2D eigenvalue weighted by Crippen LogP contribution is -2.30. The molecule has 0 radical (unpaired) electrons. The van der Waals surface area contributed by atoms with Gasteiger partial charge >= 0.3 is 5.97 Å². The lowest BCUT2D eigenvalue weighted by atomic mass is 10.0. The molecule has 0 saturated heterocycles. The Hall–Kier alpha value is -2.70. The number of carbonyl (C=O) groups excluding carboxylic acids is 1. The van der Waals surface area contributed by atoms with Crippen molar-refractivity contribution in [1.29, 1.82) is 0 Å². The first-order valence-corrected chi connectivity index (χ1v) is 7.11. The summed E-state index contributed by atoms with van der Waals surface area (Å²) in [5.41, 5.74) is 1.12. The van der Waals surface area contributed by atoms with Gasteiger partial charge in [-0.05, 0) is 23.6 Å². The van der Waals surface area contributed by atoms with Gasteiger partial charge in [-0.25, -0.2) is 4.39 Å². The van der Waals surface area contributed by atoms with Crippen molar-refractivity contribution >= 4 is 11.9 Å². The van der Waals surface area contributed by atoms with Crippen LogP contribution < -0.4 is 5.32 Å². The number of amides is 1. The summed E-state index contributed by atoms with van der Waals surface area (Å²) in [7, 11) is 0. The maximum atomic E-state index is 13.0. The molecule has 1 unspecified atom stereocenters. The fourth-order valence-electron chi connectivity index (χ4n) is 2.02. The second-order valence-electron chi connectivity index (χ2n) is 5.45. The Morgan fingerprint density at radius 2 is 1.96 bits per heavy atom. The molecule has 0 spiro atoms. The number of nitrogens with zero attached hydrogens (tertiary/aromatic N) is 1. The number of aliphatic carboxylic acids is 1. The van der Waals surface area contributed by atoms with Gasteiger partial charge < -0.3 is 14.9 Å². The van der Waals surface area contributed by atoms with Crippen molar-refractivity contribution in [3.8, 4) is 0 Å². The van der Waals surface area contributed by atoms with Gasteiger partial charge in [-0.1, -0.05) is 31.1 Å². The first kappa shape index (κ1) is 16.7. The first-order chi connectivity index (χ1) is 10.9. The van der Waals surface area contributed by atoms with Crippen LogP contribution in [0.4, 0.5) is 4.39 Å². The van der Waals surface area contributed by atoms with Crippen LogP contribution in [0.2, 0.25) is 0 Å². The molecular formula is C16H17FN2O4. The molecule has 2 N–H and O–H groups in total. The number of benzene rings is 1. The largest absolute Gasteiger partial charge is 0.481 e. The fourth-order valence-corrected chi connectivity index (χ4v) is 2.02. The summed E-state index contributed by atoms with van der Waals surface area (Å²) in [5.74, 6) is -1.98. The van der Waals surface area contributed by atoms with E-state index in [4.69, 9.17) is 9.63 Å². The van der Waals surface area contributed by atoms with E-state index < -0.39 is 23.7 Å². The lowest BCUT2D eigenvalue weighted by molar-refractivity contribution is -0.137. The Labute approximate surface area is 132 Å². The predicted molar refractivity (Wildman–Crippen MR) is 79.5 cm³/mol. The Kier molecular flexibility index (Phi) is 5.10. The molecule has 0 saturated carbocycles. The van der Waals surface area contributed by atoms with Crippen LogP contribution in [0.15, 0.2) is 34.9 Å². The van der Waals surface area contributed by atoms with Crippen LogP contribution in [0, 0.1) is 5.82 Å². The van der Waals surface area contributed by atoms with E-state index in [-0.39, 0.29) is 18.1 Å². The Balaban J connectivity index is 2.17. The topological polar surface area (TPSA) is 92.4 Å². The molecule has 0 aliphatic rings. The van der Waals surface area contributed by atoms with Crippen molar-refractivity contribution < 1.29 is 23.6 Å². The van der Waals surface area contributed by atoms with Gasteiger partial charge in [-0.15, -0.1) is 0 Å². The highest BCUT2D eigenvalue weighted by atomic mass is 19.1. The van der Waals surface area contributed by atoms with Crippen LogP contribution in [-0.2, 0) is 4.79 Å². The Morgan fingerprint density at radius 3 is 2.48 bits per heavy atom. The number of carboxylic acids is 1. The summed E-state index contributed by atoms with van der Waals surface area (Å²) < 4.78 is 18.0. The minimum absolute atomic E-state index is 0.00574. The second kappa shape index (κ2) is 7.04. The van der Waals surface area contributed by atoms with Gasteiger partial charge in [0.2, 0.25) is 5.76 Å². The molecule has 0 aliphatic carbocycles. The molecule has 1 amide bonds. The standard InChI is InChI=1S/C16H17FN2O4/c1-9(2)12-7-14(23-19-12)16(22)18-13(8-15(20)21)10-3-5-11(17)6-4-10/h3-7,9,13H,8H2,1-2H3,(H,18,22)(H,20,21). The van der Waals surface area contributed by atoms with E-state index in [0.717, 1.165) is 0 Å². The average molecular weight is 320 g/mol. The molecule has 2 aromatic rings. The maximum Gasteiger partial charge on any atom is 0.305 e. The molecular weight excluding hydrogens is 303 g/mol. The Bertz CT molecular complexity index is 694. The van der Waals surface area contributed by atoms with Crippen LogP contribution in [-0.4, -0.2) is 22.1 Å². The molecule has 122 valence electrons. The SMILES string of the molecule is CC(C)c1cc(C(=O)NC(CC(=O)O)c2ccc(F)cc2)on1. The van der Waals surface area contributed by atoms with E-state index in [2.05, 4.69) is 10.5 Å². The lowest BCUT2D eigenvalue weighted by Gasteiger charge is -2.16. The van der Waals surface area contributed by atoms with Crippen LogP contribution in [0.1, 0.15) is 54.0 Å². The third-order valence-electron chi connectivity index (χ3n) is 3.30. The van der Waals surface area contributed by atoms with Crippen molar-refractivity contribution in [3.05, 3.63) is 53.2 Å². The molecule has 1 aromatic heterocycles. The van der Waals surface area contributed by atoms with E-state index in [1.807, 2.05) is 13.8 Å². The van der Waals surface area contributed by atoms with Crippen LogP contribution >= 0.6 is 0 Å². The summed E-state index contributed by atoms with van der Waals surface area (Å²) in [4.78, 5) is 23.2. The zero-order valence-corrected chi connectivity index (χ0v) is 12.7. The van der Waals surface area contributed by atoms with Crippen molar-refractivity contribution in [2.75, 3.05) is 0 Å². The summed E-state index contributed by atoms with van der Waals surface area (Å²) in [6, 6.07) is 6.01. The van der Waals surface area contributed by atoms with Gasteiger partial charge in [0.1, 0.15) is 5.82 Å². The molecule has 1 aromatic carbocycles. The summed E-state index contributed by atoms with van der Waals surface area (Å²) in [5, 5.41) is 15.4. The van der Waals surface area contributed by atoms with Gasteiger partial charge in [0.15, 0.2) is 0 Å². The Morgan fingerprint density at radius 1 is 1.30 bits per heavy atom. The maximum absolute atomic E-state index is 13.0. The minimum Gasteiger partial charge on any atom is -0.481 e. The average Bonchev–Trinajstić information content (AvgIpc) is 2.97. The smallest absolute Gasteiger partial charge is 0.305 e. The van der Waals surface area contributed by atoms with Gasteiger partial charge in [0, 0.05) is 6.07 Å². The zero-order valence-electron chi connectivity index (χ0n) is 12.7. The summed E-state index contributed by atoms with van der Waals surface area (Å²) in [6.07, 6.45) is -0.331. The number of rotatable bonds is 6. The number of hydrogen-bond donors (Lipinski definition) is 2. The number of aromatic nitrogens is 1. The van der Waals surface area contributed by atoms with Gasteiger partial charge in [-0.3, -0.25) is 9.59 Å². The van der Waals surface area contributed by atoms with Crippen LogP contribution in [0.25, 0.3) is 0 Å². The first-order valence-electron chi connectivity index (χ1n) is 7.11. The quantitative estimate of drug-likeness (QED) is 0.854. The molecule has 23 heavy (non-hydrogen) atoms. The van der Waals surface area contributed by atoms with Crippen LogP contribution in [0.3, 0.4) is 0 Å². The highest BCUT2D eigenvalue weighted by Gasteiger charge is 2.22. The molecule has 1 heterocycles. The minimum atomic E-state index is -1.08. The normalized spacial score (nSPS) is 12.2. The van der Waals surface area contributed by atoms with E-state index >= 15 is 0 Å². The van der Waals surface area contributed by atoms with Gasteiger partial charge in [-0.2, -0.15) is 0 Å². The van der Waals surface area contributed by atoms with Crippen molar-refractivity contribution in [2.45, 2.75) is 32.2 Å². The zero-order chi connectivity index (χ0) is 17.0. The molecule has 6 nitrogen and oxygen atoms in total. The number of carbonyl (C=O) groups is 2. The fraction of sp³-hybridized carbons (Fsp3) is 0.312. The van der Waals surface area contributed by atoms with Crippen molar-refractivity contribution in [2.24, 2.45) is 0 Å². The second-order valence-corrected chi connectivity index (χ2v) is 5.45. The van der Waals surface area contributed by atoms with Gasteiger partial charge in [0.25, 0.3) is 5.91 Å². The monoisotopic (exact) mass is 320 g/mol. The highest BCUT2D eigenvalue weighted by Crippen LogP contribution is 2.19. The van der Waals surface area contributed by atoms with Crippen molar-refractivity contribution in [3.63, 3.8) is 0 Å². The third kappa shape index (κ3) is 4.38. The summed E-state index contributed by atoms with van der Waals surface area (Å²) in [6.45, 7) is 3.82. The van der Waals surface area contributed by atoms with E-state index in [9.17, 15) is 14.0 Å². The molecule has 0 bridgehead atoms. The number of nitrogens with one attached hydrogen (secondary N) is 1. The number of halogens is 1. The third-order valence-corrected chi connectivity index (χ3v) is 3.30. The number of carboxylic acid groups (broad SMARTS) is 1. The number of hydrogen-bond acceptors (Lipinski definition) is 4. The predicted octanol–water partition coefficient (Wildman–Crippen LogP) is 2.88. The van der Waals surface area contributed by atoms with Gasteiger partial charge in [0.05, 0.1) is 18.2 Å². The molecule has 0 aliphatic heterocycles. The van der Waals surface area contributed by atoms with E-state index in [1.165, 1.54) is 30.3 Å². The molecule has 1 atom stereocenters. The summed E-state index contributed by atoms with van der Waals surface area (Å²) >= 11 is 0. The highest BCUT2D eigenvalue weighted by molar-refractivity contribution is 5.92. The molecule has 7 heteroatoms.